The van der Waals surface area contributed by atoms with E-state index in [1.54, 1.807) is 30.3 Å². The first-order chi connectivity index (χ1) is 9.17. The van der Waals surface area contributed by atoms with Gasteiger partial charge in [-0.15, -0.1) is 19.0 Å². The quantitative estimate of drug-likeness (QED) is 0.417. The minimum Gasteiger partial charge on any atom is -0.491 e. The van der Waals surface area contributed by atoms with E-state index in [-0.39, 0.29) is 24.8 Å². The van der Waals surface area contributed by atoms with Crippen molar-refractivity contribution in [2.24, 2.45) is 0 Å². The van der Waals surface area contributed by atoms with Crippen molar-refractivity contribution in [2.75, 3.05) is 19.7 Å². The number of Topliss-reactive ketones (excluding diaryl/α,β-unsaturated/α-hetero) is 1. The molecule has 0 heterocycles. The molecule has 1 unspecified atom stereocenters. The molecule has 112 valence electrons. The van der Waals surface area contributed by atoms with Crippen molar-refractivity contribution in [3.63, 3.8) is 0 Å². The highest BCUT2D eigenvalue weighted by Crippen LogP contribution is 2.13. The fourth-order valence-electron chi connectivity index (χ4n) is 1.54. The molecule has 0 spiro atoms. The lowest BCUT2D eigenvalue weighted by Crippen LogP contribution is -2.31. The zero-order valence-corrected chi connectivity index (χ0v) is 12.5. The lowest BCUT2D eigenvalue weighted by atomic mass is 10.1. The number of rotatable bonds is 9. The highest BCUT2D eigenvalue weighted by molar-refractivity contribution is 5.95. The van der Waals surface area contributed by atoms with E-state index in [4.69, 9.17) is 4.74 Å². The zero-order chi connectivity index (χ0) is 14.1. The second kappa shape index (κ2) is 10.4. The standard InChI is InChI=1S/C15H21NO3.ClH/c1-3-9-16-10-13(17)11-19-14-7-5-12(6-8-14)15(18)4-2;/h3,5-8,13,16-17H,1,4,9-11H2,2H3;1H. The molecule has 0 bridgehead atoms. The van der Waals surface area contributed by atoms with Crippen LogP contribution >= 0.6 is 12.4 Å². The molecule has 5 heteroatoms. The van der Waals surface area contributed by atoms with Gasteiger partial charge in [0.05, 0.1) is 0 Å². The van der Waals surface area contributed by atoms with Gasteiger partial charge >= 0.3 is 0 Å². The van der Waals surface area contributed by atoms with Crippen LogP contribution in [-0.4, -0.2) is 36.7 Å². The summed E-state index contributed by atoms with van der Waals surface area (Å²) in [5.41, 5.74) is 0.683. The van der Waals surface area contributed by atoms with Crippen molar-refractivity contribution in [3.8, 4) is 5.75 Å². The summed E-state index contributed by atoms with van der Waals surface area (Å²) in [6.07, 6.45) is 1.65. The predicted octanol–water partition coefficient (Wildman–Crippen LogP) is 2.22. The van der Waals surface area contributed by atoms with E-state index in [9.17, 15) is 9.90 Å². The molecule has 0 aromatic heterocycles. The molecule has 0 fully saturated rings. The van der Waals surface area contributed by atoms with Crippen molar-refractivity contribution in [2.45, 2.75) is 19.4 Å². The van der Waals surface area contributed by atoms with Gasteiger partial charge in [0.15, 0.2) is 5.78 Å². The molecule has 0 amide bonds. The van der Waals surface area contributed by atoms with Gasteiger partial charge in [-0.1, -0.05) is 13.0 Å². The van der Waals surface area contributed by atoms with E-state index in [1.807, 2.05) is 6.92 Å². The number of ether oxygens (including phenoxy) is 1. The second-order valence-corrected chi connectivity index (χ2v) is 4.21. The summed E-state index contributed by atoms with van der Waals surface area (Å²) >= 11 is 0. The Morgan fingerprint density at radius 3 is 2.65 bits per heavy atom. The van der Waals surface area contributed by atoms with E-state index in [2.05, 4.69) is 11.9 Å². The number of hydrogen-bond acceptors (Lipinski definition) is 4. The number of nitrogens with one attached hydrogen (secondary N) is 1. The molecule has 1 atom stereocenters. The Kier molecular flexibility index (Phi) is 9.72. The first-order valence-electron chi connectivity index (χ1n) is 6.43. The van der Waals surface area contributed by atoms with Gasteiger partial charge in [0.2, 0.25) is 0 Å². The van der Waals surface area contributed by atoms with Crippen molar-refractivity contribution in [3.05, 3.63) is 42.5 Å². The number of hydrogen-bond donors (Lipinski definition) is 2. The first kappa shape index (κ1) is 18.6. The number of halogens is 1. The van der Waals surface area contributed by atoms with Crippen LogP contribution in [-0.2, 0) is 0 Å². The third-order valence-electron chi connectivity index (χ3n) is 2.61. The third kappa shape index (κ3) is 6.70. The molecular formula is C15H22ClNO3. The van der Waals surface area contributed by atoms with Crippen LogP contribution in [0, 0.1) is 0 Å². The largest absolute Gasteiger partial charge is 0.491 e. The number of benzene rings is 1. The highest BCUT2D eigenvalue weighted by atomic mass is 35.5. The maximum absolute atomic E-state index is 11.4. The fourth-order valence-corrected chi connectivity index (χ4v) is 1.54. The highest BCUT2D eigenvalue weighted by Gasteiger charge is 2.06. The lowest BCUT2D eigenvalue weighted by Gasteiger charge is -2.12. The van der Waals surface area contributed by atoms with Crippen LogP contribution in [0.5, 0.6) is 5.75 Å². The minimum absolute atomic E-state index is 0. The molecule has 0 aliphatic carbocycles. The van der Waals surface area contributed by atoms with Gasteiger partial charge in [-0.05, 0) is 24.3 Å². The predicted molar refractivity (Wildman–Crippen MR) is 82.9 cm³/mol. The van der Waals surface area contributed by atoms with Crippen LogP contribution in [0.3, 0.4) is 0 Å². The number of aliphatic hydroxyl groups excluding tert-OH is 1. The minimum atomic E-state index is -0.572. The van der Waals surface area contributed by atoms with Gasteiger partial charge in [0, 0.05) is 25.1 Å². The van der Waals surface area contributed by atoms with E-state index in [1.165, 1.54) is 0 Å². The topological polar surface area (TPSA) is 58.6 Å². The van der Waals surface area contributed by atoms with Crippen LogP contribution in [0.15, 0.2) is 36.9 Å². The zero-order valence-electron chi connectivity index (χ0n) is 11.7. The molecule has 0 saturated heterocycles. The summed E-state index contributed by atoms with van der Waals surface area (Å²) in [5.74, 6) is 0.760. The average molecular weight is 300 g/mol. The summed E-state index contributed by atoms with van der Waals surface area (Å²) < 4.78 is 5.44. The van der Waals surface area contributed by atoms with Crippen LogP contribution in [0.1, 0.15) is 23.7 Å². The maximum atomic E-state index is 11.4. The van der Waals surface area contributed by atoms with Crippen LogP contribution in [0.4, 0.5) is 0 Å². The Morgan fingerprint density at radius 1 is 1.45 bits per heavy atom. The summed E-state index contributed by atoms with van der Waals surface area (Å²) in [7, 11) is 0. The average Bonchev–Trinajstić information content (AvgIpc) is 2.45. The smallest absolute Gasteiger partial charge is 0.162 e. The molecule has 0 aliphatic heterocycles. The Labute approximate surface area is 126 Å². The number of carbonyl (C=O) groups is 1. The lowest BCUT2D eigenvalue weighted by molar-refractivity contribution is 0.0987. The molecule has 1 aromatic rings. The summed E-state index contributed by atoms with van der Waals surface area (Å²) in [5, 5.41) is 12.7. The molecule has 0 aliphatic rings. The van der Waals surface area contributed by atoms with E-state index in [0.717, 1.165) is 0 Å². The van der Waals surface area contributed by atoms with Gasteiger partial charge in [-0.2, -0.15) is 0 Å². The SMILES string of the molecule is C=CCNCC(O)COc1ccc(C(=O)CC)cc1.Cl. The van der Waals surface area contributed by atoms with Gasteiger partial charge < -0.3 is 15.2 Å². The molecule has 0 radical (unpaired) electrons. The molecule has 2 N–H and O–H groups in total. The maximum Gasteiger partial charge on any atom is 0.162 e. The number of carbonyl (C=O) groups excluding carboxylic acids is 1. The summed E-state index contributed by atoms with van der Waals surface area (Å²) in [6.45, 7) is 6.74. The summed E-state index contributed by atoms with van der Waals surface area (Å²) in [4.78, 5) is 11.4. The molecule has 4 nitrogen and oxygen atoms in total. The van der Waals surface area contributed by atoms with Crippen molar-refractivity contribution >= 4 is 18.2 Å². The molecule has 1 rings (SSSR count). The normalized spacial score (nSPS) is 11.3. The molecule has 1 aromatic carbocycles. The first-order valence-corrected chi connectivity index (χ1v) is 6.43. The van der Waals surface area contributed by atoms with Crippen molar-refractivity contribution in [1.29, 1.82) is 0 Å². The summed E-state index contributed by atoms with van der Waals surface area (Å²) in [6, 6.07) is 6.96. The number of aliphatic hydroxyl groups is 1. The van der Waals surface area contributed by atoms with Gasteiger partial charge in [-0.25, -0.2) is 0 Å². The Bertz CT molecular complexity index is 406. The molecule has 0 saturated carbocycles. The van der Waals surface area contributed by atoms with Gasteiger partial charge in [-0.3, -0.25) is 4.79 Å². The second-order valence-electron chi connectivity index (χ2n) is 4.21. The molecule has 20 heavy (non-hydrogen) atoms. The monoisotopic (exact) mass is 299 g/mol. The van der Waals surface area contributed by atoms with Gasteiger partial charge in [0.1, 0.15) is 18.5 Å². The Morgan fingerprint density at radius 2 is 2.10 bits per heavy atom. The van der Waals surface area contributed by atoms with Gasteiger partial charge in [0.25, 0.3) is 0 Å². The number of ketones is 1. The van der Waals surface area contributed by atoms with Crippen molar-refractivity contribution in [1.82, 2.24) is 5.32 Å². The molecular weight excluding hydrogens is 278 g/mol. The Balaban J connectivity index is 0.00000361. The van der Waals surface area contributed by atoms with Crippen LogP contribution in [0.25, 0.3) is 0 Å². The van der Waals surface area contributed by atoms with Crippen LogP contribution in [0.2, 0.25) is 0 Å². The van der Waals surface area contributed by atoms with Crippen LogP contribution < -0.4 is 10.1 Å². The van der Waals surface area contributed by atoms with E-state index in [0.29, 0.717) is 30.8 Å². The van der Waals surface area contributed by atoms with Crippen molar-refractivity contribution < 1.29 is 14.6 Å². The Hall–Kier alpha value is -1.36. The van der Waals surface area contributed by atoms with E-state index < -0.39 is 6.10 Å². The fraction of sp³-hybridized carbons (Fsp3) is 0.400. The van der Waals surface area contributed by atoms with E-state index >= 15 is 0 Å². The third-order valence-corrected chi connectivity index (χ3v) is 2.61.